The molecule has 30 heavy (non-hydrogen) atoms. The second-order valence-electron chi connectivity index (χ2n) is 7.93. The number of nitrogens with zero attached hydrogens (tertiary/aromatic N) is 5. The fourth-order valence-electron chi connectivity index (χ4n) is 4.16. The molecule has 2 aliphatic heterocycles. The van der Waals surface area contributed by atoms with Crippen molar-refractivity contribution in [3.05, 3.63) is 82.9 Å². The van der Waals surface area contributed by atoms with Crippen LogP contribution in [0.3, 0.4) is 0 Å². The topological polar surface area (TPSA) is 45.2 Å². The molecule has 0 atom stereocenters. The van der Waals surface area contributed by atoms with Gasteiger partial charge in [0.25, 0.3) is 0 Å². The molecule has 0 amide bonds. The molecule has 2 aromatic heterocycles. The van der Waals surface area contributed by atoms with Gasteiger partial charge in [0, 0.05) is 62.7 Å². The molecular weight excluding hydrogens is 370 g/mol. The molecule has 4 heterocycles. The van der Waals surface area contributed by atoms with Crippen molar-refractivity contribution in [2.24, 2.45) is 0 Å². The predicted molar refractivity (Wildman–Crippen MR) is 118 cm³/mol. The Hall–Kier alpha value is -3.23. The lowest BCUT2D eigenvalue weighted by atomic mass is 10.0. The number of hydrogen-bond acceptors (Lipinski definition) is 5. The monoisotopic (exact) mass is 395 g/mol. The summed E-state index contributed by atoms with van der Waals surface area (Å²) >= 11 is 0. The Morgan fingerprint density at radius 3 is 2.57 bits per heavy atom. The maximum Gasteiger partial charge on any atom is 0.226 e. The van der Waals surface area contributed by atoms with Crippen LogP contribution < -0.4 is 4.90 Å². The van der Waals surface area contributed by atoms with Gasteiger partial charge in [0.2, 0.25) is 5.95 Å². The van der Waals surface area contributed by atoms with E-state index >= 15 is 0 Å². The summed E-state index contributed by atoms with van der Waals surface area (Å²) in [6.07, 6.45) is 6.92. The van der Waals surface area contributed by atoms with Gasteiger partial charge in [-0.2, -0.15) is 0 Å². The SMILES string of the molecule is C(#Cc1nc(N2CCCC2)nc2c1CN(Cc1ccccc1)CC2)c1cccnc1. The zero-order chi connectivity index (χ0) is 20.2. The molecule has 1 saturated heterocycles. The normalized spacial score (nSPS) is 16.1. The van der Waals surface area contributed by atoms with Gasteiger partial charge in [0.05, 0.1) is 5.69 Å². The molecule has 5 nitrogen and oxygen atoms in total. The lowest BCUT2D eigenvalue weighted by Gasteiger charge is -2.29. The molecule has 0 radical (unpaired) electrons. The van der Waals surface area contributed by atoms with Crippen LogP contribution in [0, 0.1) is 11.8 Å². The standard InChI is InChI=1S/C25H25N5/c1-2-7-21(8-3-1)18-29-16-12-24-22(19-29)23(11-10-20-9-6-13-26-17-20)27-25(28-24)30-14-4-5-15-30/h1-3,6-9,13,17H,4-5,12,14-16,18-19H2. The van der Waals surface area contributed by atoms with Crippen molar-refractivity contribution >= 4 is 5.95 Å². The van der Waals surface area contributed by atoms with Crippen LogP contribution in [-0.4, -0.2) is 39.5 Å². The molecule has 2 aliphatic rings. The molecule has 0 aliphatic carbocycles. The quantitative estimate of drug-likeness (QED) is 0.636. The van der Waals surface area contributed by atoms with Crippen LogP contribution in [0.2, 0.25) is 0 Å². The molecule has 0 saturated carbocycles. The zero-order valence-corrected chi connectivity index (χ0v) is 17.1. The first-order chi connectivity index (χ1) is 14.8. The van der Waals surface area contributed by atoms with E-state index in [0.717, 1.165) is 62.0 Å². The Balaban J connectivity index is 1.47. The Morgan fingerprint density at radius 1 is 0.900 bits per heavy atom. The predicted octanol–water partition coefficient (Wildman–Crippen LogP) is 3.43. The minimum atomic E-state index is 0.835. The van der Waals surface area contributed by atoms with Crippen LogP contribution in [0.15, 0.2) is 54.9 Å². The van der Waals surface area contributed by atoms with Crippen LogP contribution in [-0.2, 0) is 19.5 Å². The third-order valence-corrected chi connectivity index (χ3v) is 5.75. The second-order valence-corrected chi connectivity index (χ2v) is 7.93. The highest BCUT2D eigenvalue weighted by Gasteiger charge is 2.24. The summed E-state index contributed by atoms with van der Waals surface area (Å²) in [5.41, 5.74) is 5.44. The number of anilines is 1. The van der Waals surface area contributed by atoms with E-state index < -0.39 is 0 Å². The van der Waals surface area contributed by atoms with Gasteiger partial charge >= 0.3 is 0 Å². The lowest BCUT2D eigenvalue weighted by molar-refractivity contribution is 0.242. The van der Waals surface area contributed by atoms with Gasteiger partial charge in [-0.05, 0) is 36.5 Å². The van der Waals surface area contributed by atoms with E-state index in [1.54, 1.807) is 12.4 Å². The van der Waals surface area contributed by atoms with E-state index in [4.69, 9.17) is 9.97 Å². The van der Waals surface area contributed by atoms with Crippen molar-refractivity contribution in [2.45, 2.75) is 32.4 Å². The first-order valence-electron chi connectivity index (χ1n) is 10.7. The largest absolute Gasteiger partial charge is 0.341 e. The average Bonchev–Trinajstić information content (AvgIpc) is 3.34. The molecular formula is C25H25N5. The second kappa shape index (κ2) is 8.64. The Kier molecular flexibility index (Phi) is 5.41. The van der Waals surface area contributed by atoms with E-state index in [2.05, 4.69) is 57.0 Å². The van der Waals surface area contributed by atoms with E-state index in [1.807, 2.05) is 12.1 Å². The molecule has 0 unspecified atom stereocenters. The fraction of sp³-hybridized carbons (Fsp3) is 0.320. The van der Waals surface area contributed by atoms with Gasteiger partial charge < -0.3 is 4.90 Å². The fourth-order valence-corrected chi connectivity index (χ4v) is 4.16. The first-order valence-corrected chi connectivity index (χ1v) is 10.7. The maximum atomic E-state index is 4.96. The van der Waals surface area contributed by atoms with Crippen molar-refractivity contribution in [3.63, 3.8) is 0 Å². The smallest absolute Gasteiger partial charge is 0.226 e. The van der Waals surface area contributed by atoms with Crippen molar-refractivity contribution in [1.29, 1.82) is 0 Å². The molecule has 3 aromatic rings. The summed E-state index contributed by atoms with van der Waals surface area (Å²) in [5.74, 6) is 7.44. The van der Waals surface area contributed by atoms with E-state index in [1.165, 1.54) is 24.0 Å². The zero-order valence-electron chi connectivity index (χ0n) is 17.1. The Bertz CT molecular complexity index is 1060. The number of fused-ring (bicyclic) bond motifs is 1. The van der Waals surface area contributed by atoms with Gasteiger partial charge in [-0.1, -0.05) is 36.3 Å². The van der Waals surface area contributed by atoms with E-state index in [0.29, 0.717) is 0 Å². The number of aromatic nitrogens is 3. The van der Waals surface area contributed by atoms with Gasteiger partial charge in [0.1, 0.15) is 5.69 Å². The van der Waals surface area contributed by atoms with Gasteiger partial charge in [0.15, 0.2) is 0 Å². The highest BCUT2D eigenvalue weighted by molar-refractivity contribution is 5.48. The third kappa shape index (κ3) is 4.19. The molecule has 150 valence electrons. The van der Waals surface area contributed by atoms with Gasteiger partial charge in [-0.15, -0.1) is 0 Å². The highest BCUT2D eigenvalue weighted by Crippen LogP contribution is 2.25. The Morgan fingerprint density at radius 2 is 1.77 bits per heavy atom. The van der Waals surface area contributed by atoms with Crippen molar-refractivity contribution in [2.75, 3.05) is 24.5 Å². The highest BCUT2D eigenvalue weighted by atomic mass is 15.3. The molecule has 0 spiro atoms. The van der Waals surface area contributed by atoms with Crippen molar-refractivity contribution in [3.8, 4) is 11.8 Å². The summed E-state index contributed by atoms with van der Waals surface area (Å²) in [6.45, 7) is 4.85. The lowest BCUT2D eigenvalue weighted by Crippen LogP contribution is -2.32. The first kappa shape index (κ1) is 18.8. The number of benzene rings is 1. The van der Waals surface area contributed by atoms with Crippen molar-refractivity contribution in [1.82, 2.24) is 19.9 Å². The summed E-state index contributed by atoms with van der Waals surface area (Å²) in [7, 11) is 0. The summed E-state index contributed by atoms with van der Waals surface area (Å²) < 4.78 is 0. The molecule has 1 fully saturated rings. The van der Waals surface area contributed by atoms with Gasteiger partial charge in [-0.25, -0.2) is 9.97 Å². The summed E-state index contributed by atoms with van der Waals surface area (Å²) in [4.78, 5) is 18.8. The van der Waals surface area contributed by atoms with Gasteiger partial charge in [-0.3, -0.25) is 9.88 Å². The minimum absolute atomic E-state index is 0.835. The summed E-state index contributed by atoms with van der Waals surface area (Å²) in [5, 5.41) is 0. The minimum Gasteiger partial charge on any atom is -0.341 e. The number of rotatable bonds is 3. The van der Waals surface area contributed by atoms with Crippen LogP contribution in [0.5, 0.6) is 0 Å². The molecule has 0 bridgehead atoms. The average molecular weight is 396 g/mol. The van der Waals surface area contributed by atoms with Crippen LogP contribution >= 0.6 is 0 Å². The van der Waals surface area contributed by atoms with E-state index in [-0.39, 0.29) is 0 Å². The summed E-state index contributed by atoms with van der Waals surface area (Å²) in [6, 6.07) is 14.5. The number of pyridine rings is 1. The maximum absolute atomic E-state index is 4.96. The Labute approximate surface area is 177 Å². The van der Waals surface area contributed by atoms with Crippen LogP contribution in [0.4, 0.5) is 5.95 Å². The third-order valence-electron chi connectivity index (χ3n) is 5.75. The van der Waals surface area contributed by atoms with Crippen LogP contribution in [0.1, 0.15) is 40.9 Å². The van der Waals surface area contributed by atoms with Crippen LogP contribution in [0.25, 0.3) is 0 Å². The number of hydrogen-bond donors (Lipinski definition) is 0. The van der Waals surface area contributed by atoms with E-state index in [9.17, 15) is 0 Å². The molecule has 5 heteroatoms. The molecule has 1 aromatic carbocycles. The van der Waals surface area contributed by atoms with Crippen molar-refractivity contribution < 1.29 is 0 Å². The molecule has 5 rings (SSSR count). The molecule has 0 N–H and O–H groups in total.